The molecule has 19 atom stereocenters. The molecular formula is C52H95N2O13Si. The van der Waals surface area contributed by atoms with Gasteiger partial charge in [0, 0.05) is 53.9 Å². The van der Waals surface area contributed by atoms with Crippen LogP contribution in [0.25, 0.3) is 0 Å². The smallest absolute Gasteiger partial charge is 0.308 e. The number of hydrogen-bond acceptors (Lipinski definition) is 15. The molecule has 0 bridgehead atoms. The summed E-state index contributed by atoms with van der Waals surface area (Å²) >= 11 is 0. The second kappa shape index (κ2) is 28.0. The van der Waals surface area contributed by atoms with Crippen LogP contribution < -0.4 is 0 Å². The predicted octanol–water partition coefficient (Wildman–Crippen LogP) is 5.88. The Hall–Kier alpha value is -1.64. The number of nitrogens with zero attached hydrogens (tertiary/aromatic N) is 2. The van der Waals surface area contributed by atoms with Crippen LogP contribution in [-0.2, 0) is 42.7 Å². The SMILES string of the molecule is CC[C@H]1OC(=O)C[C@@H](O)[C@H](C)[C@@H](O[C@@H]2O[C@H](C)[C@@H](O)[C@H](N(C)C)[C@H]2O)[C@@H](CCN2C[C@H](C)C[C@H](C)C2)C[C@@H](C)C(=O)/C=C/C(C)=C/[C@@H]1CO[C@@H]1O[C@H](C)[C@@H](O)[C@@H](OC)[C@H]1OC.C[Si](C)C(C)(C)C. The Morgan fingerprint density at radius 2 is 1.40 bits per heavy atom. The quantitative estimate of drug-likeness (QED) is 0.134. The summed E-state index contributed by atoms with van der Waals surface area (Å²) in [6, 6.07) is -0.684. The van der Waals surface area contributed by atoms with Crippen molar-refractivity contribution in [2.75, 3.05) is 54.6 Å². The molecule has 0 amide bonds. The second-order valence-electron chi connectivity index (χ2n) is 22.2. The van der Waals surface area contributed by atoms with Crippen LogP contribution in [0.15, 0.2) is 23.8 Å². The summed E-state index contributed by atoms with van der Waals surface area (Å²) in [7, 11) is 6.49. The van der Waals surface area contributed by atoms with E-state index in [2.05, 4.69) is 52.6 Å². The molecule has 0 saturated carbocycles. The second-order valence-corrected chi connectivity index (χ2v) is 25.7. The summed E-state index contributed by atoms with van der Waals surface area (Å²) in [5, 5.41) is 45.9. The minimum Gasteiger partial charge on any atom is -0.462 e. The number of aliphatic hydroxyl groups is 4. The molecule has 0 aliphatic carbocycles. The van der Waals surface area contributed by atoms with Crippen LogP contribution >= 0.6 is 0 Å². The van der Waals surface area contributed by atoms with Gasteiger partial charge in [0.25, 0.3) is 0 Å². The molecule has 0 spiro atoms. The summed E-state index contributed by atoms with van der Waals surface area (Å²) < 4.78 is 42.6. The first-order valence-corrected chi connectivity index (χ1v) is 27.9. The van der Waals surface area contributed by atoms with Crippen molar-refractivity contribution in [2.24, 2.45) is 35.5 Å². The fourth-order valence-corrected chi connectivity index (χ4v) is 10.0. The van der Waals surface area contributed by atoms with Crippen molar-refractivity contribution in [3.63, 3.8) is 0 Å². The van der Waals surface area contributed by atoms with Gasteiger partial charge in [0.2, 0.25) is 0 Å². The number of hydrogen-bond donors (Lipinski definition) is 4. The zero-order valence-corrected chi connectivity index (χ0v) is 45.9. The van der Waals surface area contributed by atoms with Crippen LogP contribution in [0, 0.1) is 35.5 Å². The number of likely N-dealkylation sites (N-methyl/N-ethyl adjacent to an activating group) is 1. The zero-order chi connectivity index (χ0) is 51.4. The number of carbonyl (C=O) groups excluding carboxylic acids is 2. The number of ketones is 1. The Kier molecular flexibility index (Phi) is 25.0. The Balaban J connectivity index is 0.00000162. The molecule has 0 unspecified atom stereocenters. The standard InChI is InChI=1S/C46H80N2O13.C6H15Si/c1-13-36-33(24-57-46-44(56-12)43(55-11)40(53)31(8)59-46)19-25(2)14-15-34(49)28(5)20-32(16-17-48-22-26(3)18-27(4)23-48)42(29(6)35(50)21-37(51)60-36)61-45-41(54)38(47(9)10)39(52)30(7)58-45;1-6(2,3)7(4)5/h14-15,19,26-33,35-36,38-46,50,52-54H,13,16-18,20-24H2,1-12H3;1-5H3/b15-14+,25-19+;/t26-,27+,28-,29+,30-,31-,32+,33-,35-,36-,38+,39-,40-,41-,42-,43-,44-,45+,46-;/m1./s1. The lowest BCUT2D eigenvalue weighted by Gasteiger charge is -2.47. The van der Waals surface area contributed by atoms with E-state index < -0.39 is 103 Å². The third-order valence-corrected chi connectivity index (χ3v) is 18.0. The van der Waals surface area contributed by atoms with Crippen LogP contribution in [0.4, 0.5) is 0 Å². The number of rotatable bonds is 12. The van der Waals surface area contributed by atoms with E-state index in [-0.39, 0.29) is 33.5 Å². The third-order valence-electron chi connectivity index (χ3n) is 15.0. The average molecular weight is 984 g/mol. The number of piperidine rings is 1. The molecule has 4 aliphatic heterocycles. The highest BCUT2D eigenvalue weighted by atomic mass is 28.3. The Bertz CT molecular complexity index is 1570. The van der Waals surface area contributed by atoms with E-state index in [1.165, 1.54) is 20.6 Å². The molecule has 4 heterocycles. The van der Waals surface area contributed by atoms with Crippen molar-refractivity contribution < 1.29 is 63.2 Å². The van der Waals surface area contributed by atoms with Crippen molar-refractivity contribution >= 4 is 20.5 Å². The summed E-state index contributed by atoms with van der Waals surface area (Å²) in [5.74, 6) is -1.46. The van der Waals surface area contributed by atoms with Gasteiger partial charge in [-0.05, 0) is 96.0 Å². The average Bonchev–Trinajstić information content (AvgIpc) is 3.25. The van der Waals surface area contributed by atoms with Gasteiger partial charge in [-0.2, -0.15) is 0 Å². The monoisotopic (exact) mass is 984 g/mol. The summed E-state index contributed by atoms with van der Waals surface area (Å²) in [4.78, 5) is 32.1. The summed E-state index contributed by atoms with van der Waals surface area (Å²) in [6.45, 7) is 29.8. The molecule has 0 aromatic heterocycles. The fraction of sp³-hybridized carbons (Fsp3) is 0.885. The van der Waals surface area contributed by atoms with Crippen molar-refractivity contribution in [1.82, 2.24) is 9.80 Å². The van der Waals surface area contributed by atoms with Gasteiger partial charge in [0.15, 0.2) is 18.4 Å². The molecule has 0 aromatic carbocycles. The molecule has 395 valence electrons. The maximum Gasteiger partial charge on any atom is 0.308 e. The highest BCUT2D eigenvalue weighted by Crippen LogP contribution is 2.36. The van der Waals surface area contributed by atoms with Gasteiger partial charge in [-0.3, -0.25) is 9.59 Å². The molecule has 16 heteroatoms. The van der Waals surface area contributed by atoms with Crippen molar-refractivity contribution in [3.8, 4) is 0 Å². The summed E-state index contributed by atoms with van der Waals surface area (Å²) in [5.41, 5.74) is 0.761. The summed E-state index contributed by atoms with van der Waals surface area (Å²) in [6.07, 6.45) is -2.96. The Morgan fingerprint density at radius 1 is 0.824 bits per heavy atom. The van der Waals surface area contributed by atoms with Crippen LogP contribution in [0.5, 0.6) is 0 Å². The van der Waals surface area contributed by atoms with E-state index >= 15 is 0 Å². The Labute approximate surface area is 412 Å². The number of ether oxygens (including phenoxy) is 7. The van der Waals surface area contributed by atoms with Crippen LogP contribution in [0.1, 0.15) is 108 Å². The van der Waals surface area contributed by atoms with Gasteiger partial charge in [0.05, 0.1) is 49.6 Å². The molecule has 68 heavy (non-hydrogen) atoms. The molecule has 3 fully saturated rings. The number of aliphatic hydroxyl groups excluding tert-OH is 4. The largest absolute Gasteiger partial charge is 0.462 e. The van der Waals surface area contributed by atoms with Crippen molar-refractivity contribution in [3.05, 3.63) is 23.8 Å². The molecule has 3 saturated heterocycles. The molecule has 0 aromatic rings. The minimum absolute atomic E-state index is 0.0427. The van der Waals surface area contributed by atoms with Gasteiger partial charge in [-0.25, -0.2) is 0 Å². The van der Waals surface area contributed by atoms with E-state index in [0.717, 1.165) is 25.2 Å². The first kappa shape index (κ1) is 60.7. The predicted molar refractivity (Wildman–Crippen MR) is 266 cm³/mol. The molecule has 15 nitrogen and oxygen atoms in total. The van der Waals surface area contributed by atoms with E-state index in [1.54, 1.807) is 45.0 Å². The first-order chi connectivity index (χ1) is 31.7. The number of likely N-dealkylation sites (tertiary alicyclic amines) is 1. The topological polar surface area (TPSA) is 186 Å². The van der Waals surface area contributed by atoms with E-state index in [1.807, 2.05) is 33.8 Å². The van der Waals surface area contributed by atoms with Crippen LogP contribution in [-0.4, -0.2) is 185 Å². The van der Waals surface area contributed by atoms with Gasteiger partial charge in [-0.15, -0.1) is 0 Å². The molecule has 1 radical (unpaired) electrons. The van der Waals surface area contributed by atoms with E-state index in [9.17, 15) is 30.0 Å². The number of esters is 1. The number of methoxy groups -OCH3 is 2. The maximum atomic E-state index is 14.0. The lowest BCUT2D eigenvalue weighted by atomic mass is 9.79. The van der Waals surface area contributed by atoms with Crippen LogP contribution in [0.2, 0.25) is 18.1 Å². The van der Waals surface area contributed by atoms with Gasteiger partial charge < -0.3 is 63.4 Å². The van der Waals surface area contributed by atoms with E-state index in [0.29, 0.717) is 36.1 Å². The number of carbonyl (C=O) groups is 2. The fourth-order valence-electron chi connectivity index (χ4n) is 10.0. The molecule has 4 rings (SSSR count). The molecule has 4 N–H and O–H groups in total. The molecule has 4 aliphatic rings. The van der Waals surface area contributed by atoms with Crippen molar-refractivity contribution in [1.29, 1.82) is 0 Å². The van der Waals surface area contributed by atoms with Crippen LogP contribution in [0.3, 0.4) is 0 Å². The number of allylic oxidation sites excluding steroid dienone is 3. The Morgan fingerprint density at radius 3 is 1.94 bits per heavy atom. The minimum atomic E-state index is -1.23. The highest BCUT2D eigenvalue weighted by Gasteiger charge is 2.48. The van der Waals surface area contributed by atoms with Gasteiger partial charge in [-0.1, -0.05) is 86.2 Å². The normalized spacial score (nSPS) is 41.1. The zero-order valence-electron chi connectivity index (χ0n) is 44.9. The third kappa shape index (κ3) is 17.5. The maximum absolute atomic E-state index is 14.0. The van der Waals surface area contributed by atoms with Gasteiger partial charge in [0.1, 0.15) is 30.5 Å². The lowest BCUT2D eigenvalue weighted by molar-refractivity contribution is -0.304. The number of cyclic esters (lactones) is 1. The highest BCUT2D eigenvalue weighted by molar-refractivity contribution is 6.59. The van der Waals surface area contributed by atoms with Crippen molar-refractivity contribution in [2.45, 2.75) is 206 Å². The van der Waals surface area contributed by atoms with Gasteiger partial charge >= 0.3 is 5.97 Å². The lowest BCUT2D eigenvalue weighted by Crippen LogP contribution is -2.63. The first-order valence-electron chi connectivity index (χ1n) is 25.4. The van der Waals surface area contributed by atoms with E-state index in [4.69, 9.17) is 33.2 Å². The molecular weight excluding hydrogens is 889 g/mol.